The highest BCUT2D eigenvalue weighted by atomic mass is 16.6. The van der Waals surface area contributed by atoms with E-state index in [1.165, 1.54) is 6.92 Å². The number of rotatable bonds is 7. The number of pyridine rings is 2. The number of cyclic esters (lactones) is 1. The van der Waals surface area contributed by atoms with Crippen molar-refractivity contribution in [1.29, 1.82) is 0 Å². The van der Waals surface area contributed by atoms with Crippen LogP contribution in [0.5, 0.6) is 17.4 Å². The van der Waals surface area contributed by atoms with E-state index in [2.05, 4.69) is 9.97 Å². The molecule has 186 valence electrons. The third kappa shape index (κ3) is 4.88. The average Bonchev–Trinajstić information content (AvgIpc) is 3.27. The summed E-state index contributed by atoms with van der Waals surface area (Å²) in [4.78, 5) is 36.9. The fourth-order valence-corrected chi connectivity index (χ4v) is 4.19. The summed E-state index contributed by atoms with van der Waals surface area (Å²) in [5.74, 6) is 1.63. The van der Waals surface area contributed by atoms with E-state index in [9.17, 15) is 9.59 Å². The van der Waals surface area contributed by atoms with Crippen LogP contribution in [0.3, 0.4) is 0 Å². The first-order valence-corrected chi connectivity index (χ1v) is 11.6. The first-order valence-electron chi connectivity index (χ1n) is 11.6. The number of nitrogens with zero attached hydrogens (tertiary/aromatic N) is 4. The summed E-state index contributed by atoms with van der Waals surface area (Å²) in [7, 11) is 1.57. The van der Waals surface area contributed by atoms with Gasteiger partial charge in [0.25, 0.3) is 0 Å². The van der Waals surface area contributed by atoms with Crippen LogP contribution in [0.4, 0.5) is 10.5 Å². The smallest absolute Gasteiger partial charge is 0.414 e. The predicted molar refractivity (Wildman–Crippen MR) is 132 cm³/mol. The maximum absolute atomic E-state index is 12.6. The lowest BCUT2D eigenvalue weighted by Gasteiger charge is -2.22. The number of hydrogen-bond donors (Lipinski definition) is 0. The van der Waals surface area contributed by atoms with Gasteiger partial charge in [-0.1, -0.05) is 12.2 Å². The number of carbonyl (C=O) groups excluding carboxylic acids is 2. The zero-order chi connectivity index (χ0) is 25.1. The van der Waals surface area contributed by atoms with Crippen molar-refractivity contribution >= 4 is 34.8 Å². The standard InChI is InChI=1S/C26H26N4O6/c1-17(31)29(11-3-4-18-9-10-27-21-6-8-24(33-2)28-25(18)21)15-20-16-30(26(32)36-20)19-5-7-22-23(14-19)35-13-12-34-22/h3-10,14,20H,11-13,15-16H2,1-2H3/b4-3+/t20-/m1/s1. The third-order valence-electron chi connectivity index (χ3n) is 6.00. The fraction of sp³-hybridized carbons (Fsp3) is 0.308. The Labute approximate surface area is 208 Å². The van der Waals surface area contributed by atoms with Crippen LogP contribution in [0, 0.1) is 0 Å². The Morgan fingerprint density at radius 2 is 2.03 bits per heavy atom. The van der Waals surface area contributed by atoms with Crippen LogP contribution < -0.4 is 19.1 Å². The summed E-state index contributed by atoms with van der Waals surface area (Å²) in [5, 5.41) is 0. The molecule has 0 spiro atoms. The zero-order valence-electron chi connectivity index (χ0n) is 20.0. The van der Waals surface area contributed by atoms with Crippen LogP contribution in [-0.4, -0.2) is 72.9 Å². The molecule has 1 aromatic carbocycles. The SMILES string of the molecule is COc1ccc2nccc(/C=C/CN(C[C@@H]3CN(c4ccc5c(c4)OCCO5)C(=O)O3)C(C)=O)c2n1. The van der Waals surface area contributed by atoms with E-state index in [1.54, 1.807) is 47.4 Å². The molecule has 0 aliphatic carbocycles. The molecule has 0 saturated carbocycles. The lowest BCUT2D eigenvalue weighted by atomic mass is 10.2. The average molecular weight is 491 g/mol. The normalized spacial score (nSPS) is 16.9. The zero-order valence-corrected chi connectivity index (χ0v) is 20.0. The van der Waals surface area contributed by atoms with Crippen molar-refractivity contribution in [2.24, 2.45) is 0 Å². The quantitative estimate of drug-likeness (QED) is 0.497. The molecule has 3 aromatic rings. The molecule has 10 heteroatoms. The van der Waals surface area contributed by atoms with Crippen molar-refractivity contribution in [3.63, 3.8) is 0 Å². The minimum atomic E-state index is -0.462. The van der Waals surface area contributed by atoms with Crippen molar-refractivity contribution in [1.82, 2.24) is 14.9 Å². The summed E-state index contributed by atoms with van der Waals surface area (Å²) in [5.41, 5.74) is 2.98. The summed E-state index contributed by atoms with van der Waals surface area (Å²) in [6.45, 7) is 3.40. The molecule has 1 saturated heterocycles. The van der Waals surface area contributed by atoms with Gasteiger partial charge in [0.2, 0.25) is 11.8 Å². The van der Waals surface area contributed by atoms with Crippen LogP contribution in [0.1, 0.15) is 12.5 Å². The Bertz CT molecular complexity index is 1330. The largest absolute Gasteiger partial charge is 0.486 e. The number of fused-ring (bicyclic) bond motifs is 2. The topological polar surface area (TPSA) is 103 Å². The lowest BCUT2D eigenvalue weighted by Crippen LogP contribution is -2.38. The molecular formula is C26H26N4O6. The summed E-state index contributed by atoms with van der Waals surface area (Å²) >= 11 is 0. The van der Waals surface area contributed by atoms with E-state index in [1.807, 2.05) is 24.3 Å². The van der Waals surface area contributed by atoms with Gasteiger partial charge < -0.3 is 23.8 Å². The molecule has 1 fully saturated rings. The molecular weight excluding hydrogens is 464 g/mol. The van der Waals surface area contributed by atoms with E-state index >= 15 is 0 Å². The third-order valence-corrected chi connectivity index (χ3v) is 6.00. The number of ether oxygens (including phenoxy) is 4. The van der Waals surface area contributed by atoms with Crippen molar-refractivity contribution in [2.45, 2.75) is 13.0 Å². The summed E-state index contributed by atoms with van der Waals surface area (Å²) < 4.78 is 22.0. The number of aromatic nitrogens is 2. The van der Waals surface area contributed by atoms with Crippen LogP contribution in [-0.2, 0) is 9.53 Å². The van der Waals surface area contributed by atoms with Crippen molar-refractivity contribution < 1.29 is 28.5 Å². The number of methoxy groups -OCH3 is 1. The Kier molecular flexibility index (Phi) is 6.57. The molecule has 0 radical (unpaired) electrons. The molecule has 0 bridgehead atoms. The Hall–Kier alpha value is -4.34. The molecule has 2 aromatic heterocycles. The van der Waals surface area contributed by atoms with Gasteiger partial charge in [0, 0.05) is 37.4 Å². The van der Waals surface area contributed by atoms with E-state index in [0.29, 0.717) is 54.9 Å². The van der Waals surface area contributed by atoms with E-state index < -0.39 is 12.2 Å². The highest BCUT2D eigenvalue weighted by Crippen LogP contribution is 2.35. The van der Waals surface area contributed by atoms with E-state index in [4.69, 9.17) is 18.9 Å². The Balaban J connectivity index is 1.25. The molecule has 2 aliphatic rings. The Morgan fingerprint density at radius 3 is 2.83 bits per heavy atom. The van der Waals surface area contributed by atoms with Crippen LogP contribution in [0.2, 0.25) is 0 Å². The predicted octanol–water partition coefficient (Wildman–Crippen LogP) is 3.30. The molecule has 1 atom stereocenters. The minimum absolute atomic E-state index is 0.118. The van der Waals surface area contributed by atoms with Gasteiger partial charge in [0.05, 0.1) is 36.9 Å². The van der Waals surface area contributed by atoms with Gasteiger partial charge in [-0.25, -0.2) is 9.78 Å². The summed E-state index contributed by atoms with van der Waals surface area (Å²) in [6.07, 6.45) is 4.57. The van der Waals surface area contributed by atoms with Gasteiger partial charge >= 0.3 is 6.09 Å². The molecule has 2 amide bonds. The van der Waals surface area contributed by atoms with Crippen molar-refractivity contribution in [3.8, 4) is 17.4 Å². The first-order chi connectivity index (χ1) is 17.5. The molecule has 5 rings (SSSR count). The molecule has 10 nitrogen and oxygen atoms in total. The minimum Gasteiger partial charge on any atom is -0.486 e. The maximum Gasteiger partial charge on any atom is 0.414 e. The van der Waals surface area contributed by atoms with E-state index in [-0.39, 0.29) is 12.5 Å². The fourth-order valence-electron chi connectivity index (χ4n) is 4.19. The van der Waals surface area contributed by atoms with Gasteiger partial charge in [-0.3, -0.25) is 14.7 Å². The first kappa shape index (κ1) is 23.4. The van der Waals surface area contributed by atoms with Crippen LogP contribution >= 0.6 is 0 Å². The molecule has 4 heterocycles. The summed E-state index contributed by atoms with van der Waals surface area (Å²) in [6, 6.07) is 10.8. The Morgan fingerprint density at radius 1 is 1.19 bits per heavy atom. The van der Waals surface area contributed by atoms with E-state index in [0.717, 1.165) is 11.1 Å². The number of amides is 2. The second kappa shape index (κ2) is 10.1. The highest BCUT2D eigenvalue weighted by Gasteiger charge is 2.34. The molecule has 0 N–H and O–H groups in total. The number of benzene rings is 1. The van der Waals surface area contributed by atoms with Gasteiger partial charge in [-0.05, 0) is 24.3 Å². The molecule has 36 heavy (non-hydrogen) atoms. The number of carbonyl (C=O) groups is 2. The number of hydrogen-bond acceptors (Lipinski definition) is 8. The lowest BCUT2D eigenvalue weighted by molar-refractivity contribution is -0.129. The second-order valence-electron chi connectivity index (χ2n) is 8.39. The van der Waals surface area contributed by atoms with Crippen molar-refractivity contribution in [2.75, 3.05) is 44.9 Å². The maximum atomic E-state index is 12.6. The van der Waals surface area contributed by atoms with Gasteiger partial charge in [0.1, 0.15) is 19.3 Å². The van der Waals surface area contributed by atoms with Gasteiger partial charge in [-0.2, -0.15) is 0 Å². The molecule has 0 unspecified atom stereocenters. The van der Waals surface area contributed by atoms with Crippen molar-refractivity contribution in [3.05, 3.63) is 54.2 Å². The molecule has 2 aliphatic heterocycles. The van der Waals surface area contributed by atoms with Crippen LogP contribution in [0.15, 0.2) is 48.7 Å². The number of anilines is 1. The van der Waals surface area contributed by atoms with Gasteiger partial charge in [0.15, 0.2) is 11.5 Å². The van der Waals surface area contributed by atoms with Crippen LogP contribution in [0.25, 0.3) is 17.1 Å². The monoisotopic (exact) mass is 490 g/mol. The highest BCUT2D eigenvalue weighted by molar-refractivity contribution is 5.90. The second-order valence-corrected chi connectivity index (χ2v) is 8.39. The van der Waals surface area contributed by atoms with Gasteiger partial charge in [-0.15, -0.1) is 0 Å².